The number of hydrogen-bond donors (Lipinski definition) is 1. The zero-order valence-electron chi connectivity index (χ0n) is 12.5. The monoisotopic (exact) mass is 309 g/mol. The van der Waals surface area contributed by atoms with E-state index >= 15 is 0 Å². The van der Waals surface area contributed by atoms with Crippen LogP contribution in [-0.4, -0.2) is 25.2 Å². The summed E-state index contributed by atoms with van der Waals surface area (Å²) in [5.74, 6) is -0.141. The van der Waals surface area contributed by atoms with Gasteiger partial charge in [0.15, 0.2) is 0 Å². The summed E-state index contributed by atoms with van der Waals surface area (Å²) in [6, 6.07) is 12.6. The van der Waals surface area contributed by atoms with Crippen molar-refractivity contribution in [2.24, 2.45) is 7.05 Å². The highest BCUT2D eigenvalue weighted by Gasteiger charge is 2.10. The Labute approximate surface area is 132 Å². The van der Waals surface area contributed by atoms with Gasteiger partial charge in [-0.3, -0.25) is 14.9 Å². The molecule has 116 valence electrons. The highest BCUT2D eigenvalue weighted by molar-refractivity contribution is 6.03. The molecule has 3 aromatic rings. The fourth-order valence-corrected chi connectivity index (χ4v) is 2.10. The molecule has 0 radical (unpaired) electrons. The van der Waals surface area contributed by atoms with Crippen LogP contribution in [0.25, 0.3) is 0 Å². The maximum atomic E-state index is 12.1. The van der Waals surface area contributed by atoms with Gasteiger partial charge >= 0.3 is 0 Å². The zero-order valence-corrected chi connectivity index (χ0v) is 12.5. The quantitative estimate of drug-likeness (QED) is 0.787. The van der Waals surface area contributed by atoms with Crippen LogP contribution in [0.5, 0.6) is 0 Å². The van der Waals surface area contributed by atoms with Crippen LogP contribution in [0.3, 0.4) is 0 Å². The number of hydrogen-bond acceptors (Lipinski definition) is 4. The lowest BCUT2D eigenvalue weighted by Crippen LogP contribution is -2.20. The molecular weight excluding hydrogens is 294 g/mol. The SMILES string of the molecule is Cn1cc(C(=O)Nc2ncn(Cc3ccccc3)n2)ccc1=O. The van der Waals surface area contributed by atoms with Crippen molar-refractivity contribution in [3.63, 3.8) is 0 Å². The van der Waals surface area contributed by atoms with Crippen LogP contribution in [0.1, 0.15) is 15.9 Å². The Morgan fingerprint density at radius 1 is 1.17 bits per heavy atom. The van der Waals surface area contributed by atoms with Gasteiger partial charge in [0.2, 0.25) is 11.5 Å². The Hall–Kier alpha value is -3.22. The first kappa shape index (κ1) is 14.7. The van der Waals surface area contributed by atoms with Crippen molar-refractivity contribution in [2.75, 3.05) is 5.32 Å². The maximum Gasteiger partial charge on any atom is 0.259 e. The molecular formula is C16H15N5O2. The molecule has 2 aromatic heterocycles. The van der Waals surface area contributed by atoms with Crippen molar-refractivity contribution in [3.8, 4) is 0 Å². The van der Waals surface area contributed by atoms with Gasteiger partial charge in [-0.05, 0) is 11.6 Å². The van der Waals surface area contributed by atoms with Crippen molar-refractivity contribution < 1.29 is 4.79 Å². The van der Waals surface area contributed by atoms with E-state index in [2.05, 4.69) is 15.4 Å². The maximum absolute atomic E-state index is 12.1. The highest BCUT2D eigenvalue weighted by atomic mass is 16.2. The molecule has 0 fully saturated rings. The largest absolute Gasteiger partial charge is 0.318 e. The Balaban J connectivity index is 1.70. The molecule has 0 unspecified atom stereocenters. The third kappa shape index (κ3) is 3.52. The van der Waals surface area contributed by atoms with Crippen molar-refractivity contribution >= 4 is 11.9 Å². The average molecular weight is 309 g/mol. The second kappa shape index (κ2) is 6.27. The van der Waals surface area contributed by atoms with Crippen LogP contribution < -0.4 is 10.9 Å². The number of aromatic nitrogens is 4. The van der Waals surface area contributed by atoms with E-state index in [1.807, 2.05) is 30.3 Å². The highest BCUT2D eigenvalue weighted by Crippen LogP contribution is 2.05. The summed E-state index contributed by atoms with van der Waals surface area (Å²) in [4.78, 5) is 27.5. The second-order valence-electron chi connectivity index (χ2n) is 5.07. The molecule has 23 heavy (non-hydrogen) atoms. The van der Waals surface area contributed by atoms with Crippen molar-refractivity contribution in [3.05, 3.63) is 76.5 Å². The molecule has 7 heteroatoms. The van der Waals surface area contributed by atoms with Gasteiger partial charge in [-0.15, -0.1) is 5.10 Å². The number of anilines is 1. The molecule has 0 aliphatic rings. The van der Waals surface area contributed by atoms with Gasteiger partial charge in [-0.1, -0.05) is 30.3 Å². The van der Waals surface area contributed by atoms with Crippen LogP contribution in [0.4, 0.5) is 5.95 Å². The number of rotatable bonds is 4. The van der Waals surface area contributed by atoms with Gasteiger partial charge in [0.05, 0.1) is 12.1 Å². The second-order valence-corrected chi connectivity index (χ2v) is 5.07. The van der Waals surface area contributed by atoms with Gasteiger partial charge in [-0.2, -0.15) is 0 Å². The molecule has 0 spiro atoms. The predicted octanol–water partition coefficient (Wildman–Crippen LogP) is 1.28. The van der Waals surface area contributed by atoms with Crippen LogP contribution in [-0.2, 0) is 13.6 Å². The summed E-state index contributed by atoms with van der Waals surface area (Å²) in [6.45, 7) is 0.573. The molecule has 0 atom stereocenters. The summed E-state index contributed by atoms with van der Waals surface area (Å²) in [7, 11) is 1.59. The molecule has 0 bridgehead atoms. The Morgan fingerprint density at radius 3 is 2.70 bits per heavy atom. The van der Waals surface area contributed by atoms with E-state index in [-0.39, 0.29) is 17.4 Å². The first-order valence-electron chi connectivity index (χ1n) is 7.03. The van der Waals surface area contributed by atoms with E-state index < -0.39 is 0 Å². The van der Waals surface area contributed by atoms with Crippen molar-refractivity contribution in [2.45, 2.75) is 6.54 Å². The minimum atomic E-state index is -0.363. The zero-order chi connectivity index (χ0) is 16.2. The van der Waals surface area contributed by atoms with E-state index in [0.717, 1.165) is 5.56 Å². The van der Waals surface area contributed by atoms with Crippen LogP contribution in [0.15, 0.2) is 59.8 Å². The van der Waals surface area contributed by atoms with Crippen molar-refractivity contribution in [1.82, 2.24) is 19.3 Å². The summed E-state index contributed by atoms with van der Waals surface area (Å²) < 4.78 is 2.99. The van der Waals surface area contributed by atoms with Crippen molar-refractivity contribution in [1.29, 1.82) is 0 Å². The first-order chi connectivity index (χ1) is 11.1. The fourth-order valence-electron chi connectivity index (χ4n) is 2.10. The molecule has 0 aliphatic carbocycles. The Morgan fingerprint density at radius 2 is 1.96 bits per heavy atom. The summed E-state index contributed by atoms with van der Waals surface area (Å²) >= 11 is 0. The average Bonchev–Trinajstić information content (AvgIpc) is 2.98. The topological polar surface area (TPSA) is 81.8 Å². The van der Waals surface area contributed by atoms with Crippen LogP contribution >= 0.6 is 0 Å². The predicted molar refractivity (Wildman–Crippen MR) is 85.2 cm³/mol. The summed E-state index contributed by atoms with van der Waals surface area (Å²) in [5.41, 5.74) is 1.28. The third-order valence-electron chi connectivity index (χ3n) is 3.30. The molecule has 3 rings (SSSR count). The van der Waals surface area contributed by atoms with Crippen LogP contribution in [0, 0.1) is 0 Å². The molecule has 0 saturated carbocycles. The molecule has 0 saturated heterocycles. The molecule has 1 amide bonds. The molecule has 1 aromatic carbocycles. The standard InChI is InChI=1S/C16H15N5O2/c1-20-10-13(7-8-14(20)22)15(23)18-16-17-11-21(19-16)9-12-5-3-2-4-6-12/h2-8,10-11H,9H2,1H3,(H,18,19,23). The number of aryl methyl sites for hydroxylation is 1. The minimum Gasteiger partial charge on any atom is -0.318 e. The fraction of sp³-hybridized carbons (Fsp3) is 0.125. The minimum absolute atomic E-state index is 0.174. The molecule has 7 nitrogen and oxygen atoms in total. The number of carbonyl (C=O) groups excluding carboxylic acids is 1. The van der Waals surface area contributed by atoms with Gasteiger partial charge < -0.3 is 4.57 Å². The Bertz CT molecular complexity index is 883. The summed E-state index contributed by atoms with van der Waals surface area (Å²) in [6.07, 6.45) is 3.03. The van der Waals surface area contributed by atoms with E-state index in [9.17, 15) is 9.59 Å². The number of nitrogens with zero attached hydrogens (tertiary/aromatic N) is 4. The lowest BCUT2D eigenvalue weighted by atomic mass is 10.2. The normalized spacial score (nSPS) is 10.5. The van der Waals surface area contributed by atoms with E-state index in [0.29, 0.717) is 12.1 Å². The number of carbonyl (C=O) groups is 1. The van der Waals surface area contributed by atoms with Gasteiger partial charge in [0.1, 0.15) is 6.33 Å². The van der Waals surface area contributed by atoms with Gasteiger partial charge in [-0.25, -0.2) is 9.67 Å². The Kier molecular flexibility index (Phi) is 4.01. The number of benzene rings is 1. The summed E-state index contributed by atoms with van der Waals surface area (Å²) in [5, 5.41) is 6.83. The molecule has 1 N–H and O–H groups in total. The third-order valence-corrected chi connectivity index (χ3v) is 3.30. The van der Waals surface area contributed by atoms with Gasteiger partial charge in [0, 0.05) is 19.3 Å². The number of pyridine rings is 1. The van der Waals surface area contributed by atoms with Crippen LogP contribution in [0.2, 0.25) is 0 Å². The lowest BCUT2D eigenvalue weighted by Gasteiger charge is -2.03. The van der Waals surface area contributed by atoms with E-state index in [1.165, 1.54) is 22.9 Å². The van der Waals surface area contributed by atoms with E-state index in [4.69, 9.17) is 0 Å². The number of amides is 1. The smallest absolute Gasteiger partial charge is 0.259 e. The lowest BCUT2D eigenvalue weighted by molar-refractivity contribution is 0.102. The number of nitrogens with one attached hydrogen (secondary N) is 1. The van der Waals surface area contributed by atoms with Gasteiger partial charge in [0.25, 0.3) is 5.91 Å². The molecule has 0 aliphatic heterocycles. The molecule has 2 heterocycles. The first-order valence-corrected chi connectivity index (χ1v) is 7.03. The van der Waals surface area contributed by atoms with E-state index in [1.54, 1.807) is 18.1 Å².